The van der Waals surface area contributed by atoms with Crippen LogP contribution in [-0.4, -0.2) is 76.6 Å². The predicted molar refractivity (Wildman–Crippen MR) is 164 cm³/mol. The molecule has 0 spiro atoms. The van der Waals surface area contributed by atoms with Gasteiger partial charge < -0.3 is 9.64 Å². The van der Waals surface area contributed by atoms with Crippen LogP contribution >= 0.6 is 0 Å². The van der Waals surface area contributed by atoms with Gasteiger partial charge >= 0.3 is 0 Å². The molecule has 2 heterocycles. The lowest BCUT2D eigenvalue weighted by molar-refractivity contribution is 0.234. The number of amidine groups is 1. The molecule has 9 nitrogen and oxygen atoms in total. The quantitative estimate of drug-likeness (QED) is 0.272. The Kier molecular flexibility index (Phi) is 9.03. The first-order valence-corrected chi connectivity index (χ1v) is 17.1. The summed E-state index contributed by atoms with van der Waals surface area (Å²) >= 11 is 0. The summed E-state index contributed by atoms with van der Waals surface area (Å²) < 4.78 is 66.6. The number of ether oxygens (including phenoxy) is 1. The molecule has 0 aliphatic carbocycles. The third-order valence-electron chi connectivity index (χ3n) is 7.86. The molecule has 2 aliphatic heterocycles. The Bertz CT molecular complexity index is 1620. The summed E-state index contributed by atoms with van der Waals surface area (Å²) in [6.45, 7) is 6.23. The summed E-state index contributed by atoms with van der Waals surface area (Å²) in [6, 6.07) is 20.6. The van der Waals surface area contributed by atoms with Crippen LogP contribution in [0.4, 0.5) is 0 Å². The van der Waals surface area contributed by atoms with Gasteiger partial charge in [0, 0.05) is 13.1 Å². The van der Waals surface area contributed by atoms with Gasteiger partial charge in [0.1, 0.15) is 17.8 Å². The van der Waals surface area contributed by atoms with E-state index < -0.39 is 26.2 Å². The molecular weight excluding hydrogens is 572 g/mol. The molecule has 0 N–H and O–H groups in total. The fraction of sp³-hybridized carbons (Fsp3) is 0.387. The highest BCUT2D eigenvalue weighted by atomic mass is 32.2. The van der Waals surface area contributed by atoms with E-state index in [-0.39, 0.29) is 22.9 Å². The van der Waals surface area contributed by atoms with E-state index in [9.17, 15) is 16.8 Å². The standard InChI is InChI=1S/C31H38N4O5S2/c1-24-7-15-28(16-8-24)41(36,37)32-30(23-33-19-5-4-6-20-33)34-21-22-35(31(34)26-11-13-27(40-3)14-12-26)42(38,39)29-17-9-25(2)10-18-29/h7-18,31H,4-6,19-23H2,1-3H3/t31-/m1/s1. The Morgan fingerprint density at radius 1 is 0.762 bits per heavy atom. The Labute approximate surface area is 249 Å². The maximum absolute atomic E-state index is 14.1. The van der Waals surface area contributed by atoms with Crippen LogP contribution in [0.2, 0.25) is 0 Å². The summed E-state index contributed by atoms with van der Waals surface area (Å²) in [7, 11) is -6.41. The highest BCUT2D eigenvalue weighted by Crippen LogP contribution is 2.36. The fourth-order valence-electron chi connectivity index (χ4n) is 5.49. The van der Waals surface area contributed by atoms with E-state index in [0.717, 1.165) is 43.5 Å². The highest BCUT2D eigenvalue weighted by Gasteiger charge is 2.43. The summed E-state index contributed by atoms with van der Waals surface area (Å²) in [4.78, 5) is 4.34. The normalized spacial score (nSPS) is 19.3. The Morgan fingerprint density at radius 2 is 1.33 bits per heavy atom. The minimum atomic E-state index is -4.06. The van der Waals surface area contributed by atoms with Gasteiger partial charge in [-0.3, -0.25) is 4.90 Å². The predicted octanol–water partition coefficient (Wildman–Crippen LogP) is 4.59. The summed E-state index contributed by atoms with van der Waals surface area (Å²) in [5.41, 5.74) is 2.60. The molecule has 5 rings (SSSR count). The Hall–Kier alpha value is -3.25. The lowest BCUT2D eigenvalue weighted by atomic mass is 10.1. The van der Waals surface area contributed by atoms with Crippen LogP contribution in [0.15, 0.2) is 87.0 Å². The zero-order chi connectivity index (χ0) is 29.9. The molecule has 0 saturated carbocycles. The second-order valence-electron chi connectivity index (χ2n) is 10.9. The first-order valence-electron chi connectivity index (χ1n) is 14.2. The van der Waals surface area contributed by atoms with Gasteiger partial charge in [0.05, 0.1) is 23.4 Å². The zero-order valence-corrected chi connectivity index (χ0v) is 25.9. The SMILES string of the molecule is COc1ccc([C@@H]2N(C(CN3CCCCC3)=NS(=O)(=O)c3ccc(C)cc3)CCN2S(=O)(=O)c2ccc(C)cc2)cc1. The molecule has 0 aromatic heterocycles. The second-order valence-corrected chi connectivity index (χ2v) is 14.4. The van der Waals surface area contributed by atoms with Crippen LogP contribution in [0.5, 0.6) is 5.75 Å². The number of methoxy groups -OCH3 is 1. The minimum Gasteiger partial charge on any atom is -0.497 e. The van der Waals surface area contributed by atoms with Crippen molar-refractivity contribution in [3.05, 3.63) is 89.5 Å². The number of benzene rings is 3. The van der Waals surface area contributed by atoms with Crippen molar-refractivity contribution < 1.29 is 21.6 Å². The molecule has 42 heavy (non-hydrogen) atoms. The van der Waals surface area contributed by atoms with Crippen LogP contribution in [0.25, 0.3) is 0 Å². The maximum atomic E-state index is 14.1. The van der Waals surface area contributed by atoms with E-state index in [0.29, 0.717) is 23.7 Å². The van der Waals surface area contributed by atoms with Crippen molar-refractivity contribution in [3.8, 4) is 5.75 Å². The monoisotopic (exact) mass is 610 g/mol. The number of piperidine rings is 1. The maximum Gasteiger partial charge on any atom is 0.283 e. The van der Waals surface area contributed by atoms with Gasteiger partial charge in [-0.05, 0) is 81.7 Å². The topological polar surface area (TPSA) is 99.6 Å². The minimum absolute atomic E-state index is 0.105. The molecule has 3 aromatic rings. The van der Waals surface area contributed by atoms with Crippen LogP contribution < -0.4 is 4.74 Å². The van der Waals surface area contributed by atoms with E-state index in [4.69, 9.17) is 4.74 Å². The third kappa shape index (κ3) is 6.54. The second kappa shape index (κ2) is 12.5. The number of hydrogen-bond donors (Lipinski definition) is 0. The van der Waals surface area contributed by atoms with Crippen LogP contribution in [0, 0.1) is 13.8 Å². The number of likely N-dealkylation sites (tertiary alicyclic amines) is 1. The van der Waals surface area contributed by atoms with Crippen molar-refractivity contribution >= 4 is 25.9 Å². The lowest BCUT2D eigenvalue weighted by Gasteiger charge is -2.35. The van der Waals surface area contributed by atoms with Crippen molar-refractivity contribution in [1.82, 2.24) is 14.1 Å². The van der Waals surface area contributed by atoms with Crippen LogP contribution in [0.3, 0.4) is 0 Å². The Balaban J connectivity index is 1.61. The van der Waals surface area contributed by atoms with E-state index >= 15 is 0 Å². The van der Waals surface area contributed by atoms with E-state index in [1.165, 1.54) is 4.31 Å². The molecule has 11 heteroatoms. The molecular formula is C31H38N4O5S2. The summed E-state index contributed by atoms with van der Waals surface area (Å²) in [5.74, 6) is 0.972. The molecule has 0 radical (unpaired) electrons. The average molecular weight is 611 g/mol. The van der Waals surface area contributed by atoms with Crippen molar-refractivity contribution in [3.63, 3.8) is 0 Å². The molecule has 224 valence electrons. The summed E-state index contributed by atoms with van der Waals surface area (Å²) in [5, 5.41) is 0. The molecule has 0 amide bonds. The molecule has 2 fully saturated rings. The molecule has 1 atom stereocenters. The highest BCUT2D eigenvalue weighted by molar-refractivity contribution is 7.90. The molecule has 0 bridgehead atoms. The molecule has 2 aliphatic rings. The number of rotatable bonds is 8. The van der Waals surface area contributed by atoms with Crippen LogP contribution in [0.1, 0.15) is 42.1 Å². The number of sulfonamides is 2. The van der Waals surface area contributed by atoms with Gasteiger partial charge in [0.2, 0.25) is 10.0 Å². The molecule has 3 aromatic carbocycles. The number of aryl methyl sites for hydroxylation is 2. The van der Waals surface area contributed by atoms with Gasteiger partial charge in [0.15, 0.2) is 0 Å². The fourth-order valence-corrected chi connectivity index (χ4v) is 8.08. The Morgan fingerprint density at radius 3 is 1.90 bits per heavy atom. The van der Waals surface area contributed by atoms with Gasteiger partial charge in [-0.25, -0.2) is 8.42 Å². The van der Waals surface area contributed by atoms with E-state index in [1.807, 2.05) is 30.9 Å². The number of hydrogen-bond acceptors (Lipinski definition) is 6. The number of nitrogens with zero attached hydrogens (tertiary/aromatic N) is 4. The first kappa shape index (κ1) is 30.2. The largest absolute Gasteiger partial charge is 0.497 e. The van der Waals surface area contributed by atoms with Crippen LogP contribution in [-0.2, 0) is 20.0 Å². The zero-order valence-electron chi connectivity index (χ0n) is 24.3. The van der Waals surface area contributed by atoms with E-state index in [2.05, 4.69) is 9.30 Å². The van der Waals surface area contributed by atoms with Gasteiger partial charge in [0.25, 0.3) is 10.0 Å². The van der Waals surface area contributed by atoms with Crippen molar-refractivity contribution in [2.24, 2.45) is 4.40 Å². The van der Waals surface area contributed by atoms with Gasteiger partial charge in [-0.15, -0.1) is 4.40 Å². The van der Waals surface area contributed by atoms with Crippen molar-refractivity contribution in [1.29, 1.82) is 0 Å². The van der Waals surface area contributed by atoms with Crippen molar-refractivity contribution in [2.45, 2.75) is 49.1 Å². The van der Waals surface area contributed by atoms with Crippen molar-refractivity contribution in [2.75, 3.05) is 39.8 Å². The summed E-state index contributed by atoms with van der Waals surface area (Å²) in [6.07, 6.45) is 2.38. The molecule has 2 saturated heterocycles. The van der Waals surface area contributed by atoms with Gasteiger partial charge in [-0.2, -0.15) is 12.7 Å². The van der Waals surface area contributed by atoms with Gasteiger partial charge in [-0.1, -0.05) is 53.9 Å². The lowest BCUT2D eigenvalue weighted by Crippen LogP contribution is -2.44. The molecule has 0 unspecified atom stereocenters. The average Bonchev–Trinajstić information content (AvgIpc) is 3.44. The third-order valence-corrected chi connectivity index (χ3v) is 11.0. The first-order chi connectivity index (χ1) is 20.1. The smallest absolute Gasteiger partial charge is 0.283 e. The van der Waals surface area contributed by atoms with E-state index in [1.54, 1.807) is 67.8 Å².